The lowest BCUT2D eigenvalue weighted by molar-refractivity contribution is 0.141. The first-order valence-electron chi connectivity index (χ1n) is 7.78. The number of hydrogen-bond acceptors (Lipinski definition) is 6. The van der Waals surface area contributed by atoms with Crippen LogP contribution in [0.3, 0.4) is 0 Å². The molecule has 1 rings (SSSR count). The van der Waals surface area contributed by atoms with Gasteiger partial charge < -0.3 is 19.7 Å². The fourth-order valence-corrected chi connectivity index (χ4v) is 1.83. The van der Waals surface area contributed by atoms with E-state index in [-0.39, 0.29) is 0 Å². The molecule has 120 valence electrons. The number of rotatable bonds is 12. The lowest BCUT2D eigenvalue weighted by Gasteiger charge is -2.23. The topological polar surface area (TPSA) is 59.5 Å². The summed E-state index contributed by atoms with van der Waals surface area (Å²) in [5.41, 5.74) is 0. The normalized spacial score (nSPS) is 10.6. The second-order valence-corrected chi connectivity index (χ2v) is 4.57. The highest BCUT2D eigenvalue weighted by Crippen LogP contribution is 2.12. The Bertz CT molecular complexity index is 366. The van der Waals surface area contributed by atoms with Gasteiger partial charge in [-0.1, -0.05) is 6.92 Å². The first kappa shape index (κ1) is 17.7. The summed E-state index contributed by atoms with van der Waals surface area (Å²) in [6.07, 6.45) is 4.60. The average Bonchev–Trinajstić information content (AvgIpc) is 2.52. The van der Waals surface area contributed by atoms with Crippen molar-refractivity contribution >= 4 is 11.6 Å². The molecule has 0 saturated carbocycles. The number of anilines is 2. The minimum atomic E-state index is 0.678. The quantitative estimate of drug-likeness (QED) is 0.597. The van der Waals surface area contributed by atoms with Crippen LogP contribution in [0.15, 0.2) is 12.4 Å². The Morgan fingerprint density at radius 3 is 2.29 bits per heavy atom. The SMILES string of the molecule is CCCNc1cncc(N(CCOCC)CCOCC)n1. The summed E-state index contributed by atoms with van der Waals surface area (Å²) in [5.74, 6) is 1.67. The number of aromatic nitrogens is 2. The zero-order chi connectivity index (χ0) is 15.3. The second-order valence-electron chi connectivity index (χ2n) is 4.57. The van der Waals surface area contributed by atoms with E-state index in [0.29, 0.717) is 13.2 Å². The van der Waals surface area contributed by atoms with Crippen LogP contribution in [0, 0.1) is 0 Å². The third-order valence-electron chi connectivity index (χ3n) is 2.92. The Balaban J connectivity index is 2.65. The Hall–Kier alpha value is -1.40. The van der Waals surface area contributed by atoms with Crippen molar-refractivity contribution in [2.24, 2.45) is 0 Å². The van der Waals surface area contributed by atoms with Crippen LogP contribution in [0.2, 0.25) is 0 Å². The molecule has 0 amide bonds. The van der Waals surface area contributed by atoms with E-state index in [4.69, 9.17) is 9.47 Å². The predicted octanol–water partition coefficient (Wildman–Crippen LogP) is 2.18. The van der Waals surface area contributed by atoms with E-state index in [9.17, 15) is 0 Å². The van der Waals surface area contributed by atoms with E-state index < -0.39 is 0 Å². The minimum Gasteiger partial charge on any atom is -0.380 e. The molecule has 1 heterocycles. The monoisotopic (exact) mass is 296 g/mol. The van der Waals surface area contributed by atoms with Crippen molar-refractivity contribution in [3.8, 4) is 0 Å². The van der Waals surface area contributed by atoms with E-state index in [1.54, 1.807) is 12.4 Å². The van der Waals surface area contributed by atoms with Gasteiger partial charge in [0, 0.05) is 32.8 Å². The molecule has 1 N–H and O–H groups in total. The van der Waals surface area contributed by atoms with Gasteiger partial charge in [0.25, 0.3) is 0 Å². The predicted molar refractivity (Wildman–Crippen MR) is 86.0 cm³/mol. The van der Waals surface area contributed by atoms with Gasteiger partial charge in [-0.2, -0.15) is 0 Å². The van der Waals surface area contributed by atoms with Gasteiger partial charge in [-0.15, -0.1) is 0 Å². The van der Waals surface area contributed by atoms with Crippen molar-refractivity contribution in [2.45, 2.75) is 27.2 Å². The first-order valence-corrected chi connectivity index (χ1v) is 7.78. The lowest BCUT2D eigenvalue weighted by Crippen LogP contribution is -2.32. The van der Waals surface area contributed by atoms with Crippen LogP contribution < -0.4 is 10.2 Å². The molecule has 0 aliphatic carbocycles. The van der Waals surface area contributed by atoms with Gasteiger partial charge in [-0.25, -0.2) is 4.98 Å². The molecule has 0 bridgehead atoms. The van der Waals surface area contributed by atoms with E-state index in [0.717, 1.165) is 50.9 Å². The Kier molecular flexibility index (Phi) is 9.48. The first-order chi connectivity index (χ1) is 10.3. The molecule has 0 aliphatic heterocycles. The third-order valence-corrected chi connectivity index (χ3v) is 2.92. The Morgan fingerprint density at radius 2 is 1.71 bits per heavy atom. The maximum Gasteiger partial charge on any atom is 0.149 e. The Labute approximate surface area is 127 Å². The second kappa shape index (κ2) is 11.3. The summed E-state index contributed by atoms with van der Waals surface area (Å²) < 4.78 is 10.9. The number of ether oxygens (including phenoxy) is 2. The van der Waals surface area contributed by atoms with Crippen molar-refractivity contribution in [1.29, 1.82) is 0 Å². The summed E-state index contributed by atoms with van der Waals surface area (Å²) >= 11 is 0. The number of nitrogens with zero attached hydrogens (tertiary/aromatic N) is 3. The van der Waals surface area contributed by atoms with Gasteiger partial charge in [0.15, 0.2) is 0 Å². The average molecular weight is 296 g/mol. The summed E-state index contributed by atoms with van der Waals surface area (Å²) in [6, 6.07) is 0. The molecule has 1 aromatic rings. The van der Waals surface area contributed by atoms with Gasteiger partial charge in [0.1, 0.15) is 11.6 Å². The maximum absolute atomic E-state index is 5.44. The highest BCUT2D eigenvalue weighted by molar-refractivity contribution is 5.43. The van der Waals surface area contributed by atoms with Crippen LogP contribution >= 0.6 is 0 Å². The molecule has 0 saturated heterocycles. The smallest absolute Gasteiger partial charge is 0.149 e. The molecule has 0 spiro atoms. The third kappa shape index (κ3) is 7.24. The van der Waals surface area contributed by atoms with Crippen molar-refractivity contribution in [3.05, 3.63) is 12.4 Å². The molecule has 0 radical (unpaired) electrons. The summed E-state index contributed by atoms with van der Waals surface area (Å²) in [7, 11) is 0. The van der Waals surface area contributed by atoms with Crippen LogP contribution in [-0.2, 0) is 9.47 Å². The standard InChI is InChI=1S/C15H28N4O2/c1-4-7-17-14-12-16-13-15(18-14)19(8-10-20-5-2)9-11-21-6-3/h12-13H,4-11H2,1-3H3,(H,17,18). The van der Waals surface area contributed by atoms with E-state index in [1.807, 2.05) is 13.8 Å². The van der Waals surface area contributed by atoms with Gasteiger partial charge >= 0.3 is 0 Å². The Morgan fingerprint density at radius 1 is 1.05 bits per heavy atom. The molecule has 1 aromatic heterocycles. The van der Waals surface area contributed by atoms with Crippen molar-refractivity contribution in [2.75, 3.05) is 56.3 Å². The van der Waals surface area contributed by atoms with E-state index in [2.05, 4.69) is 27.1 Å². The van der Waals surface area contributed by atoms with Crippen molar-refractivity contribution < 1.29 is 9.47 Å². The van der Waals surface area contributed by atoms with Gasteiger partial charge in [-0.05, 0) is 20.3 Å². The lowest BCUT2D eigenvalue weighted by atomic mass is 10.4. The largest absolute Gasteiger partial charge is 0.380 e. The summed E-state index contributed by atoms with van der Waals surface area (Å²) in [6.45, 7) is 11.4. The highest BCUT2D eigenvalue weighted by Gasteiger charge is 2.09. The van der Waals surface area contributed by atoms with E-state index >= 15 is 0 Å². The fraction of sp³-hybridized carbons (Fsp3) is 0.733. The molecule has 0 fully saturated rings. The molecule has 0 aromatic carbocycles. The summed E-state index contributed by atoms with van der Waals surface area (Å²) in [4.78, 5) is 11.0. The molecular formula is C15H28N4O2. The maximum atomic E-state index is 5.44. The minimum absolute atomic E-state index is 0.678. The van der Waals surface area contributed by atoms with E-state index in [1.165, 1.54) is 0 Å². The molecule has 0 atom stereocenters. The molecular weight excluding hydrogens is 268 g/mol. The van der Waals surface area contributed by atoms with Crippen LogP contribution in [0.5, 0.6) is 0 Å². The zero-order valence-electron chi connectivity index (χ0n) is 13.5. The molecule has 0 unspecified atom stereocenters. The number of nitrogens with one attached hydrogen (secondary N) is 1. The van der Waals surface area contributed by atoms with Crippen molar-refractivity contribution in [1.82, 2.24) is 9.97 Å². The number of hydrogen-bond donors (Lipinski definition) is 1. The van der Waals surface area contributed by atoms with Crippen LogP contribution in [0.25, 0.3) is 0 Å². The summed E-state index contributed by atoms with van der Waals surface area (Å²) in [5, 5.41) is 3.26. The van der Waals surface area contributed by atoms with Crippen molar-refractivity contribution in [3.63, 3.8) is 0 Å². The van der Waals surface area contributed by atoms with Crippen LogP contribution in [0.1, 0.15) is 27.2 Å². The van der Waals surface area contributed by atoms with Gasteiger partial charge in [0.2, 0.25) is 0 Å². The van der Waals surface area contributed by atoms with Crippen LogP contribution in [-0.4, -0.2) is 56.0 Å². The molecule has 21 heavy (non-hydrogen) atoms. The van der Waals surface area contributed by atoms with Gasteiger partial charge in [-0.3, -0.25) is 4.98 Å². The van der Waals surface area contributed by atoms with Crippen LogP contribution in [0.4, 0.5) is 11.6 Å². The fourth-order valence-electron chi connectivity index (χ4n) is 1.83. The zero-order valence-corrected chi connectivity index (χ0v) is 13.5. The van der Waals surface area contributed by atoms with Gasteiger partial charge in [0.05, 0.1) is 25.6 Å². The molecule has 6 heteroatoms. The highest BCUT2D eigenvalue weighted by atomic mass is 16.5. The molecule has 0 aliphatic rings. The molecule has 6 nitrogen and oxygen atoms in total.